The van der Waals surface area contributed by atoms with Gasteiger partial charge in [0.25, 0.3) is 0 Å². The monoisotopic (exact) mass is 424 g/mol. The van der Waals surface area contributed by atoms with Crippen LogP contribution in [-0.2, 0) is 19.1 Å². The molecule has 0 saturated heterocycles. The number of allylic oxidation sites excluding steroid dienone is 2. The third-order valence-electron chi connectivity index (χ3n) is 5.15. The van der Waals surface area contributed by atoms with Gasteiger partial charge in [0, 0.05) is 19.4 Å². The van der Waals surface area contributed by atoms with Crippen molar-refractivity contribution in [3.05, 3.63) is 36.0 Å². The first-order chi connectivity index (χ1) is 14.0. The van der Waals surface area contributed by atoms with Gasteiger partial charge in [0.1, 0.15) is 17.8 Å². The normalized spacial score (nSPS) is 33.9. The number of rotatable bonds is 5. The first-order valence-corrected chi connectivity index (χ1v) is 10.4. The summed E-state index contributed by atoms with van der Waals surface area (Å²) in [4.78, 5) is 23.9. The lowest BCUT2D eigenvalue weighted by atomic mass is 9.88. The van der Waals surface area contributed by atoms with E-state index >= 15 is 0 Å². The van der Waals surface area contributed by atoms with E-state index in [0.29, 0.717) is 0 Å². The van der Waals surface area contributed by atoms with E-state index in [0.717, 1.165) is 5.57 Å². The van der Waals surface area contributed by atoms with E-state index in [2.05, 4.69) is 0 Å². The first-order valence-electron chi connectivity index (χ1n) is 10.4. The van der Waals surface area contributed by atoms with Gasteiger partial charge in [-0.2, -0.15) is 0 Å². The Balaban J connectivity index is 3.22. The molecule has 0 saturated carbocycles. The molecule has 0 fully saturated rings. The van der Waals surface area contributed by atoms with Gasteiger partial charge in [0.05, 0.1) is 12.5 Å². The third kappa shape index (κ3) is 8.81. The van der Waals surface area contributed by atoms with Gasteiger partial charge in [-0.3, -0.25) is 9.59 Å². The molecule has 1 aliphatic heterocycles. The maximum atomic E-state index is 12.4. The van der Waals surface area contributed by atoms with Gasteiger partial charge in [0.15, 0.2) is 0 Å². The summed E-state index contributed by atoms with van der Waals surface area (Å²) in [5.74, 6) is -1.32. The van der Waals surface area contributed by atoms with Gasteiger partial charge in [-0.15, -0.1) is 0 Å². The molecule has 7 nitrogen and oxygen atoms in total. The summed E-state index contributed by atoms with van der Waals surface area (Å²) >= 11 is 0. The highest BCUT2D eigenvalue weighted by molar-refractivity contribution is 5.70. The molecule has 1 aliphatic rings. The van der Waals surface area contributed by atoms with Crippen molar-refractivity contribution in [2.24, 2.45) is 11.8 Å². The summed E-state index contributed by atoms with van der Waals surface area (Å²) in [6.07, 6.45) is 6.48. The van der Waals surface area contributed by atoms with Crippen LogP contribution in [0.4, 0.5) is 0 Å². The fourth-order valence-electron chi connectivity index (χ4n) is 3.18. The van der Waals surface area contributed by atoms with Gasteiger partial charge in [0.2, 0.25) is 0 Å². The summed E-state index contributed by atoms with van der Waals surface area (Å²) in [6.45, 7) is 8.42. The minimum atomic E-state index is -1.39. The van der Waals surface area contributed by atoms with Crippen LogP contribution < -0.4 is 0 Å². The summed E-state index contributed by atoms with van der Waals surface area (Å²) in [7, 11) is 0. The number of carbonyl (C=O) groups excluding carboxylic acids is 2. The number of aliphatic hydroxyl groups excluding tert-OH is 2. The summed E-state index contributed by atoms with van der Waals surface area (Å²) in [6, 6.07) is 0. The predicted octanol–water partition coefficient (Wildman–Crippen LogP) is 2.45. The highest BCUT2D eigenvalue weighted by atomic mass is 16.6. The second-order valence-corrected chi connectivity index (χ2v) is 8.39. The van der Waals surface area contributed by atoms with Gasteiger partial charge in [-0.1, -0.05) is 38.2 Å². The molecule has 0 unspecified atom stereocenters. The van der Waals surface area contributed by atoms with E-state index < -0.39 is 35.9 Å². The van der Waals surface area contributed by atoms with Gasteiger partial charge < -0.3 is 24.8 Å². The fraction of sp³-hybridized carbons (Fsp3) is 0.652. The number of ether oxygens (including phenoxy) is 2. The zero-order chi connectivity index (χ0) is 22.9. The lowest BCUT2D eigenvalue weighted by molar-refractivity contribution is -0.157. The highest BCUT2D eigenvalue weighted by Crippen LogP contribution is 2.26. The molecule has 7 heteroatoms. The van der Waals surface area contributed by atoms with E-state index in [4.69, 9.17) is 14.6 Å². The summed E-state index contributed by atoms with van der Waals surface area (Å²) in [5, 5.41) is 30.1. The quantitative estimate of drug-likeness (QED) is 0.353. The molecule has 3 N–H and O–H groups in total. The Hall–Kier alpha value is -1.96. The number of esters is 2. The van der Waals surface area contributed by atoms with E-state index in [1.54, 1.807) is 25.2 Å². The average molecular weight is 425 g/mol. The molecule has 0 amide bonds. The summed E-state index contributed by atoms with van der Waals surface area (Å²) in [5.41, 5.74) is -0.612. The Morgan fingerprint density at radius 2 is 2.07 bits per heavy atom. The van der Waals surface area contributed by atoms with Crippen LogP contribution in [0.25, 0.3) is 0 Å². The van der Waals surface area contributed by atoms with Gasteiger partial charge in [-0.25, -0.2) is 0 Å². The van der Waals surface area contributed by atoms with Crippen LogP contribution in [-0.4, -0.2) is 57.8 Å². The van der Waals surface area contributed by atoms with Crippen molar-refractivity contribution in [2.75, 3.05) is 6.61 Å². The van der Waals surface area contributed by atoms with Crippen LogP contribution in [0.15, 0.2) is 36.0 Å². The molecule has 1 heterocycles. The van der Waals surface area contributed by atoms with E-state index in [-0.39, 0.29) is 37.7 Å². The molecular weight excluding hydrogens is 388 g/mol. The molecule has 0 aliphatic carbocycles. The second-order valence-electron chi connectivity index (χ2n) is 8.39. The van der Waals surface area contributed by atoms with Crippen LogP contribution in [0.1, 0.15) is 53.9 Å². The molecule has 170 valence electrons. The van der Waals surface area contributed by atoms with Crippen molar-refractivity contribution in [1.82, 2.24) is 0 Å². The molecule has 0 aromatic rings. The van der Waals surface area contributed by atoms with Crippen LogP contribution in [0.2, 0.25) is 0 Å². The lowest BCUT2D eigenvalue weighted by Gasteiger charge is -2.32. The maximum Gasteiger partial charge on any atom is 0.309 e. The SMILES string of the molecule is CC(=O)O[C@H]1/C=C\[C@H](C)[C@@H](/C(C)=C/C=C/[C@@H](C)CO)OC(=O)C[C@@H](O)CC[C@]1(C)O. The number of hydrogen-bond donors (Lipinski definition) is 3. The molecule has 6 atom stereocenters. The maximum absolute atomic E-state index is 12.4. The van der Waals surface area contributed by atoms with Crippen molar-refractivity contribution in [3.63, 3.8) is 0 Å². The molecule has 0 radical (unpaired) electrons. The Morgan fingerprint density at radius 3 is 2.67 bits per heavy atom. The minimum Gasteiger partial charge on any atom is -0.457 e. The van der Waals surface area contributed by atoms with E-state index in [9.17, 15) is 19.8 Å². The molecule has 0 aromatic carbocycles. The minimum absolute atomic E-state index is 0.00657. The molecular formula is C23H36O7. The Labute approximate surface area is 179 Å². The van der Waals surface area contributed by atoms with Crippen molar-refractivity contribution < 1.29 is 34.4 Å². The van der Waals surface area contributed by atoms with Crippen LogP contribution >= 0.6 is 0 Å². The predicted molar refractivity (Wildman–Crippen MR) is 113 cm³/mol. The number of hydrogen-bond acceptors (Lipinski definition) is 7. The molecule has 30 heavy (non-hydrogen) atoms. The van der Waals surface area contributed by atoms with E-state index in [1.807, 2.05) is 32.9 Å². The smallest absolute Gasteiger partial charge is 0.309 e. The average Bonchev–Trinajstić information content (AvgIpc) is 2.66. The largest absolute Gasteiger partial charge is 0.457 e. The van der Waals surface area contributed by atoms with E-state index in [1.165, 1.54) is 6.92 Å². The van der Waals surface area contributed by atoms with Crippen LogP contribution in [0.3, 0.4) is 0 Å². The Kier molecular flexibility index (Phi) is 10.5. The molecule has 0 spiro atoms. The zero-order valence-corrected chi connectivity index (χ0v) is 18.6. The first kappa shape index (κ1) is 26.1. The Bertz CT molecular complexity index is 662. The van der Waals surface area contributed by atoms with Gasteiger partial charge >= 0.3 is 11.9 Å². The fourth-order valence-corrected chi connectivity index (χ4v) is 3.18. The van der Waals surface area contributed by atoms with Crippen LogP contribution in [0.5, 0.6) is 0 Å². The summed E-state index contributed by atoms with van der Waals surface area (Å²) < 4.78 is 10.9. The Morgan fingerprint density at radius 1 is 1.40 bits per heavy atom. The highest BCUT2D eigenvalue weighted by Gasteiger charge is 2.34. The van der Waals surface area contributed by atoms with Crippen molar-refractivity contribution in [1.29, 1.82) is 0 Å². The number of carbonyl (C=O) groups is 2. The molecule has 1 rings (SSSR count). The standard InChI is InChI=1S/C23H36O7/c1-15(14-24)7-6-8-16(2)22-17(3)9-10-20(29-18(4)25)23(5,28)12-11-19(26)13-21(27)30-22/h6-10,15,17,19-20,22,24,26,28H,11-14H2,1-5H3/b7-6+,10-9-,16-8+/t15-,17+,19+,20+,22-,23+/m1/s1. The zero-order valence-electron chi connectivity index (χ0n) is 18.6. The third-order valence-corrected chi connectivity index (χ3v) is 5.15. The topological polar surface area (TPSA) is 113 Å². The second kappa shape index (κ2) is 12.0. The number of aliphatic hydroxyl groups is 3. The molecule has 0 aromatic heterocycles. The van der Waals surface area contributed by atoms with Crippen LogP contribution in [0, 0.1) is 11.8 Å². The number of cyclic esters (lactones) is 1. The van der Waals surface area contributed by atoms with Crippen molar-refractivity contribution in [3.8, 4) is 0 Å². The van der Waals surface area contributed by atoms with Crippen molar-refractivity contribution in [2.45, 2.75) is 77.8 Å². The van der Waals surface area contributed by atoms with Crippen molar-refractivity contribution >= 4 is 11.9 Å². The van der Waals surface area contributed by atoms with Gasteiger partial charge in [-0.05, 0) is 44.3 Å². The lowest BCUT2D eigenvalue weighted by Crippen LogP contribution is -2.42. The molecule has 0 bridgehead atoms.